The fourth-order valence-corrected chi connectivity index (χ4v) is 2.35. The average molecular weight is 224 g/mol. The van der Waals surface area contributed by atoms with Crippen LogP contribution in [0.1, 0.15) is 25.3 Å². The van der Waals surface area contributed by atoms with Crippen molar-refractivity contribution in [3.05, 3.63) is 41.3 Å². The van der Waals surface area contributed by atoms with Gasteiger partial charge in [-0.1, -0.05) is 43.7 Å². The lowest BCUT2D eigenvalue weighted by molar-refractivity contribution is 0.601. The standard InChI is InChI=1S/C12H16O2S/c1-2-3-10-15(13,14)11-9-12-7-5-4-6-8-12/h4-9,11H,2-3,10H2,1H3/b11-9-. The fraction of sp³-hybridized carbons (Fsp3) is 0.333. The zero-order chi connectivity index (χ0) is 11.1. The highest BCUT2D eigenvalue weighted by atomic mass is 32.2. The van der Waals surface area contributed by atoms with Crippen molar-refractivity contribution in [3.8, 4) is 0 Å². The first-order valence-electron chi connectivity index (χ1n) is 5.10. The highest BCUT2D eigenvalue weighted by Crippen LogP contribution is 2.05. The van der Waals surface area contributed by atoms with Crippen molar-refractivity contribution >= 4 is 15.9 Å². The monoisotopic (exact) mass is 224 g/mol. The molecule has 1 rings (SSSR count). The van der Waals surface area contributed by atoms with E-state index >= 15 is 0 Å². The second-order valence-electron chi connectivity index (χ2n) is 3.43. The number of hydrogen-bond acceptors (Lipinski definition) is 2. The van der Waals surface area contributed by atoms with Gasteiger partial charge in [-0.3, -0.25) is 0 Å². The van der Waals surface area contributed by atoms with Crippen LogP contribution in [0.15, 0.2) is 35.7 Å². The molecule has 1 aromatic carbocycles. The van der Waals surface area contributed by atoms with Crippen LogP contribution in [-0.4, -0.2) is 14.2 Å². The Balaban J connectivity index is 2.65. The molecule has 0 atom stereocenters. The maximum Gasteiger partial charge on any atom is 0.171 e. The first-order chi connectivity index (χ1) is 7.14. The van der Waals surface area contributed by atoms with E-state index in [0.29, 0.717) is 0 Å². The van der Waals surface area contributed by atoms with Crippen LogP contribution >= 0.6 is 0 Å². The minimum absolute atomic E-state index is 0.243. The molecule has 0 aliphatic carbocycles. The van der Waals surface area contributed by atoms with E-state index in [1.807, 2.05) is 37.3 Å². The molecule has 82 valence electrons. The van der Waals surface area contributed by atoms with E-state index in [0.717, 1.165) is 18.4 Å². The van der Waals surface area contributed by atoms with Gasteiger partial charge in [-0.25, -0.2) is 8.42 Å². The molecular formula is C12H16O2S. The number of rotatable bonds is 5. The summed E-state index contributed by atoms with van der Waals surface area (Å²) in [5, 5.41) is 1.30. The third-order valence-corrected chi connectivity index (χ3v) is 3.46. The van der Waals surface area contributed by atoms with Gasteiger partial charge >= 0.3 is 0 Å². The van der Waals surface area contributed by atoms with E-state index in [1.54, 1.807) is 6.08 Å². The minimum atomic E-state index is -3.02. The summed E-state index contributed by atoms with van der Waals surface area (Å²) in [7, 11) is -3.02. The zero-order valence-corrected chi connectivity index (χ0v) is 9.70. The molecule has 0 amide bonds. The summed E-state index contributed by atoms with van der Waals surface area (Å²) in [5.74, 6) is 0.243. The van der Waals surface area contributed by atoms with E-state index in [4.69, 9.17) is 0 Å². The van der Waals surface area contributed by atoms with Crippen molar-refractivity contribution in [2.75, 3.05) is 5.75 Å². The maximum absolute atomic E-state index is 11.5. The smallest absolute Gasteiger partial charge is 0.171 e. The largest absolute Gasteiger partial charge is 0.224 e. The van der Waals surface area contributed by atoms with Crippen LogP contribution in [0.2, 0.25) is 0 Å². The van der Waals surface area contributed by atoms with Crippen molar-refractivity contribution in [1.82, 2.24) is 0 Å². The normalized spacial score (nSPS) is 12.1. The SMILES string of the molecule is CCCCS(=O)(=O)/C=C\c1ccccc1. The molecule has 0 aromatic heterocycles. The molecule has 0 bridgehead atoms. The molecule has 0 spiro atoms. The summed E-state index contributed by atoms with van der Waals surface area (Å²) in [6.45, 7) is 1.98. The Hall–Kier alpha value is -1.09. The molecule has 0 saturated heterocycles. The van der Waals surface area contributed by atoms with Gasteiger partial charge in [0.1, 0.15) is 0 Å². The Bertz CT molecular complexity index is 405. The molecule has 3 heteroatoms. The van der Waals surface area contributed by atoms with Gasteiger partial charge in [0.05, 0.1) is 5.75 Å². The van der Waals surface area contributed by atoms with Crippen LogP contribution in [0.3, 0.4) is 0 Å². The molecule has 0 fully saturated rings. The highest BCUT2D eigenvalue weighted by molar-refractivity contribution is 7.94. The maximum atomic E-state index is 11.5. The zero-order valence-electron chi connectivity index (χ0n) is 8.89. The lowest BCUT2D eigenvalue weighted by Crippen LogP contribution is -2.00. The molecule has 0 aliphatic rings. The van der Waals surface area contributed by atoms with Crippen LogP contribution in [0, 0.1) is 0 Å². The van der Waals surface area contributed by atoms with E-state index in [-0.39, 0.29) is 5.75 Å². The second-order valence-corrected chi connectivity index (χ2v) is 5.44. The lowest BCUT2D eigenvalue weighted by atomic mass is 10.2. The Labute approximate surface area is 91.6 Å². The van der Waals surface area contributed by atoms with Crippen LogP contribution < -0.4 is 0 Å². The van der Waals surface area contributed by atoms with Gasteiger partial charge in [0, 0.05) is 5.41 Å². The lowest BCUT2D eigenvalue weighted by Gasteiger charge is -1.96. The first-order valence-corrected chi connectivity index (χ1v) is 6.81. The molecule has 0 heterocycles. The van der Waals surface area contributed by atoms with Gasteiger partial charge < -0.3 is 0 Å². The molecule has 0 saturated carbocycles. The third kappa shape index (κ3) is 4.79. The third-order valence-electron chi connectivity index (χ3n) is 2.05. The number of sulfone groups is 1. The van der Waals surface area contributed by atoms with Gasteiger partial charge in [0.2, 0.25) is 0 Å². The summed E-state index contributed by atoms with van der Waals surface area (Å²) in [5.41, 5.74) is 0.914. The predicted molar refractivity (Wildman–Crippen MR) is 64.2 cm³/mol. The van der Waals surface area contributed by atoms with Gasteiger partial charge in [-0.15, -0.1) is 0 Å². The topological polar surface area (TPSA) is 34.1 Å². The molecule has 2 nitrogen and oxygen atoms in total. The number of unbranched alkanes of at least 4 members (excludes halogenated alkanes) is 1. The minimum Gasteiger partial charge on any atom is -0.224 e. The Morgan fingerprint density at radius 3 is 2.47 bits per heavy atom. The fourth-order valence-electron chi connectivity index (χ4n) is 1.16. The summed E-state index contributed by atoms with van der Waals surface area (Å²) < 4.78 is 23.0. The van der Waals surface area contributed by atoms with Crippen LogP contribution in [-0.2, 0) is 9.84 Å². The molecule has 0 aliphatic heterocycles. The predicted octanol–water partition coefficient (Wildman–Crippen LogP) is 2.87. The van der Waals surface area contributed by atoms with E-state index in [1.165, 1.54) is 5.41 Å². The molecule has 0 unspecified atom stereocenters. The summed E-state index contributed by atoms with van der Waals surface area (Å²) in [6.07, 6.45) is 3.27. The van der Waals surface area contributed by atoms with Crippen molar-refractivity contribution in [2.24, 2.45) is 0 Å². The quantitative estimate of drug-likeness (QED) is 0.770. The van der Waals surface area contributed by atoms with Crippen molar-refractivity contribution in [2.45, 2.75) is 19.8 Å². The van der Waals surface area contributed by atoms with Gasteiger partial charge in [0.25, 0.3) is 0 Å². The Kier molecular flexibility index (Phi) is 4.56. The van der Waals surface area contributed by atoms with E-state index in [2.05, 4.69) is 0 Å². The van der Waals surface area contributed by atoms with Crippen LogP contribution in [0.4, 0.5) is 0 Å². The molecule has 15 heavy (non-hydrogen) atoms. The summed E-state index contributed by atoms with van der Waals surface area (Å²) >= 11 is 0. The highest BCUT2D eigenvalue weighted by Gasteiger charge is 2.03. The van der Waals surface area contributed by atoms with Crippen molar-refractivity contribution < 1.29 is 8.42 Å². The van der Waals surface area contributed by atoms with Crippen molar-refractivity contribution in [1.29, 1.82) is 0 Å². The van der Waals surface area contributed by atoms with Crippen molar-refractivity contribution in [3.63, 3.8) is 0 Å². The van der Waals surface area contributed by atoms with Gasteiger partial charge in [0.15, 0.2) is 9.84 Å². The van der Waals surface area contributed by atoms with Crippen LogP contribution in [0.5, 0.6) is 0 Å². The Morgan fingerprint density at radius 1 is 1.20 bits per heavy atom. The van der Waals surface area contributed by atoms with Gasteiger partial charge in [-0.05, 0) is 18.1 Å². The summed E-state index contributed by atoms with van der Waals surface area (Å²) in [6, 6.07) is 9.44. The second kappa shape index (κ2) is 5.71. The molecule has 1 aromatic rings. The van der Waals surface area contributed by atoms with Crippen LogP contribution in [0.25, 0.3) is 6.08 Å². The average Bonchev–Trinajstić information content (AvgIpc) is 2.25. The first kappa shape index (κ1) is 12.0. The van der Waals surface area contributed by atoms with E-state index in [9.17, 15) is 8.42 Å². The molecule has 0 N–H and O–H groups in total. The summed E-state index contributed by atoms with van der Waals surface area (Å²) in [4.78, 5) is 0. The van der Waals surface area contributed by atoms with E-state index < -0.39 is 9.84 Å². The number of hydrogen-bond donors (Lipinski definition) is 0. The molecular weight excluding hydrogens is 208 g/mol. The van der Waals surface area contributed by atoms with Gasteiger partial charge in [-0.2, -0.15) is 0 Å². The molecule has 0 radical (unpaired) electrons. The number of benzene rings is 1. The Morgan fingerprint density at radius 2 is 1.87 bits per heavy atom.